The maximum Gasteiger partial charge on any atom is 0.416 e. The van der Waals surface area contributed by atoms with Crippen LogP contribution in [-0.2, 0) is 11.0 Å². The van der Waals surface area contributed by atoms with Gasteiger partial charge in [0.25, 0.3) is 5.91 Å². The molecule has 2 aromatic rings. The topological polar surface area (TPSA) is 76.3 Å². The highest BCUT2D eigenvalue weighted by Gasteiger charge is 2.30. The first-order chi connectivity index (χ1) is 10.7. The molecule has 1 heterocycles. The van der Waals surface area contributed by atoms with E-state index in [1.165, 1.54) is 30.2 Å². The monoisotopic (exact) mass is 344 g/mol. The number of carbonyl (C=O) groups excluding carboxylic acids is 2. The Morgan fingerprint density at radius 1 is 1.26 bits per heavy atom. The Labute approximate surface area is 132 Å². The number of halogens is 3. The van der Waals surface area contributed by atoms with Gasteiger partial charge in [0.2, 0.25) is 5.91 Å². The van der Waals surface area contributed by atoms with E-state index in [0.717, 1.165) is 23.7 Å². The normalized spacial score (nSPS) is 12.3. The van der Waals surface area contributed by atoms with Gasteiger partial charge in [0.1, 0.15) is 0 Å². The van der Waals surface area contributed by atoms with Gasteiger partial charge in [-0.05, 0) is 35.8 Å². The number of hydrogen-bond donors (Lipinski definition) is 1. The lowest BCUT2D eigenvalue weighted by Gasteiger charge is -2.06. The summed E-state index contributed by atoms with van der Waals surface area (Å²) in [6.45, 7) is 1.22. The molecule has 0 atom stereocenters. The quantitative estimate of drug-likeness (QED) is 0.902. The van der Waals surface area contributed by atoms with Crippen molar-refractivity contribution in [3.63, 3.8) is 0 Å². The molecule has 1 aromatic carbocycles. The molecule has 0 fully saturated rings. The summed E-state index contributed by atoms with van der Waals surface area (Å²) in [6, 6.07) is 4.26. The average molecular weight is 344 g/mol. The lowest BCUT2D eigenvalue weighted by molar-refractivity contribution is -0.137. The van der Waals surface area contributed by atoms with E-state index in [-0.39, 0.29) is 10.4 Å². The molecule has 0 unspecified atom stereocenters. The summed E-state index contributed by atoms with van der Waals surface area (Å²) in [5, 5.41) is 6.35. The number of carbonyl (C=O) groups is 2. The Morgan fingerprint density at radius 3 is 2.35 bits per heavy atom. The van der Waals surface area contributed by atoms with Gasteiger partial charge >= 0.3 is 6.18 Å². The van der Waals surface area contributed by atoms with Crippen molar-refractivity contribution in [1.82, 2.24) is 14.5 Å². The highest BCUT2D eigenvalue weighted by Crippen LogP contribution is 2.29. The standard InChI is InChI=1S/C13H11F3N4O2S/c1-7(21)18-12-10(11(22)17-2)19-20(23-12)9-5-3-8(4-6-9)13(14,15)16/h3-6H,1-2H3,(H,17,22). The van der Waals surface area contributed by atoms with Gasteiger partial charge in [0.15, 0.2) is 10.4 Å². The number of amides is 2. The molecule has 1 aromatic heterocycles. The van der Waals surface area contributed by atoms with Crippen molar-refractivity contribution in [3.05, 3.63) is 40.2 Å². The molecular weight excluding hydrogens is 333 g/mol. The Kier molecular flexibility index (Phi) is 4.64. The minimum absolute atomic E-state index is 0.0763. The van der Waals surface area contributed by atoms with E-state index in [1.54, 1.807) is 0 Å². The molecule has 2 amide bonds. The second-order valence-corrected chi connectivity index (χ2v) is 5.29. The van der Waals surface area contributed by atoms with Crippen LogP contribution < -0.4 is 9.99 Å². The van der Waals surface area contributed by atoms with E-state index < -0.39 is 23.6 Å². The van der Waals surface area contributed by atoms with Crippen LogP contribution in [0.1, 0.15) is 23.0 Å². The lowest BCUT2D eigenvalue weighted by Crippen LogP contribution is -2.24. The van der Waals surface area contributed by atoms with E-state index in [9.17, 15) is 22.8 Å². The number of rotatable bonds is 2. The fourth-order valence-electron chi connectivity index (χ4n) is 1.64. The van der Waals surface area contributed by atoms with Crippen molar-refractivity contribution in [2.24, 2.45) is 4.99 Å². The zero-order valence-corrected chi connectivity index (χ0v) is 12.8. The van der Waals surface area contributed by atoms with Gasteiger partial charge < -0.3 is 5.32 Å². The predicted molar refractivity (Wildman–Crippen MR) is 76.1 cm³/mol. The molecule has 0 radical (unpaired) electrons. The first-order valence-electron chi connectivity index (χ1n) is 6.28. The summed E-state index contributed by atoms with van der Waals surface area (Å²) in [7, 11) is 1.39. The van der Waals surface area contributed by atoms with E-state index in [2.05, 4.69) is 15.4 Å². The van der Waals surface area contributed by atoms with E-state index in [0.29, 0.717) is 5.69 Å². The molecule has 2 rings (SSSR count). The molecule has 0 bridgehead atoms. The second-order valence-electron chi connectivity index (χ2n) is 4.37. The largest absolute Gasteiger partial charge is 0.416 e. The van der Waals surface area contributed by atoms with Gasteiger partial charge in [0.05, 0.1) is 11.3 Å². The molecule has 0 spiro atoms. The van der Waals surface area contributed by atoms with Crippen molar-refractivity contribution in [2.75, 3.05) is 7.05 Å². The summed E-state index contributed by atoms with van der Waals surface area (Å²) in [6.07, 6.45) is -4.44. The Bertz CT molecular complexity index is 806. The molecule has 0 saturated carbocycles. The molecule has 0 saturated heterocycles. The molecule has 122 valence electrons. The molecule has 1 N–H and O–H groups in total. The number of alkyl halides is 3. The van der Waals surface area contributed by atoms with Crippen molar-refractivity contribution in [1.29, 1.82) is 0 Å². The highest BCUT2D eigenvalue weighted by molar-refractivity contribution is 7.04. The van der Waals surface area contributed by atoms with Crippen LogP contribution >= 0.6 is 11.5 Å². The van der Waals surface area contributed by atoms with E-state index in [1.807, 2.05) is 0 Å². The Balaban J connectivity index is 2.50. The van der Waals surface area contributed by atoms with Crippen molar-refractivity contribution >= 4 is 23.3 Å². The maximum absolute atomic E-state index is 12.6. The zero-order valence-electron chi connectivity index (χ0n) is 12.0. The van der Waals surface area contributed by atoms with Crippen molar-refractivity contribution in [2.45, 2.75) is 13.1 Å². The fraction of sp³-hybridized carbons (Fsp3) is 0.231. The Hall–Kier alpha value is -2.49. The average Bonchev–Trinajstić information content (AvgIpc) is 2.88. The summed E-state index contributed by atoms with van der Waals surface area (Å²) >= 11 is 0.874. The van der Waals surface area contributed by atoms with Crippen LogP contribution in [0.25, 0.3) is 5.69 Å². The molecule has 6 nitrogen and oxygen atoms in total. The summed E-state index contributed by atoms with van der Waals surface area (Å²) in [5.74, 6) is -1.06. The van der Waals surface area contributed by atoms with Crippen LogP contribution in [0.2, 0.25) is 0 Å². The summed E-state index contributed by atoms with van der Waals surface area (Å²) < 4.78 is 39.0. The highest BCUT2D eigenvalue weighted by atomic mass is 32.1. The molecule has 10 heteroatoms. The van der Waals surface area contributed by atoms with Crippen LogP contribution in [0.15, 0.2) is 29.3 Å². The predicted octanol–water partition coefficient (Wildman–Crippen LogP) is 1.76. The maximum atomic E-state index is 12.6. The molecule has 0 aliphatic carbocycles. The number of hydrogen-bond acceptors (Lipinski definition) is 4. The van der Waals surface area contributed by atoms with Gasteiger partial charge in [-0.1, -0.05) is 0 Å². The van der Waals surface area contributed by atoms with Crippen molar-refractivity contribution in [3.8, 4) is 5.69 Å². The number of nitrogens with one attached hydrogen (secondary N) is 1. The third-order valence-electron chi connectivity index (χ3n) is 2.68. The minimum Gasteiger partial charge on any atom is -0.354 e. The summed E-state index contributed by atoms with van der Waals surface area (Å²) in [5.41, 5.74) is -0.552. The van der Waals surface area contributed by atoms with Gasteiger partial charge in [0, 0.05) is 14.0 Å². The zero-order chi connectivity index (χ0) is 17.2. The fourth-order valence-corrected chi connectivity index (χ4v) is 2.55. The van der Waals surface area contributed by atoms with Crippen LogP contribution in [0.3, 0.4) is 0 Å². The summed E-state index contributed by atoms with van der Waals surface area (Å²) in [4.78, 5) is 26.6. The number of nitrogens with zero attached hydrogens (tertiary/aromatic N) is 3. The van der Waals surface area contributed by atoms with Crippen LogP contribution in [-0.4, -0.2) is 28.0 Å². The molecule has 0 aliphatic heterocycles. The Morgan fingerprint density at radius 2 is 1.87 bits per heavy atom. The third kappa shape index (κ3) is 3.83. The van der Waals surface area contributed by atoms with E-state index in [4.69, 9.17) is 0 Å². The van der Waals surface area contributed by atoms with Crippen LogP contribution in [0, 0.1) is 0 Å². The van der Waals surface area contributed by atoms with Crippen LogP contribution in [0.5, 0.6) is 0 Å². The van der Waals surface area contributed by atoms with Gasteiger partial charge in [-0.15, -0.1) is 5.10 Å². The minimum atomic E-state index is -4.44. The lowest BCUT2D eigenvalue weighted by atomic mass is 10.2. The molecule has 0 aliphatic rings. The van der Waals surface area contributed by atoms with E-state index >= 15 is 0 Å². The van der Waals surface area contributed by atoms with Gasteiger partial charge in [-0.3, -0.25) is 9.59 Å². The van der Waals surface area contributed by atoms with Crippen molar-refractivity contribution < 1.29 is 22.8 Å². The molecular formula is C13H11F3N4O2S. The SMILES string of the molecule is CNC(=O)c1nn(-c2ccc(C(F)(F)F)cc2)sc1=NC(C)=O. The molecule has 23 heavy (non-hydrogen) atoms. The van der Waals surface area contributed by atoms with Gasteiger partial charge in [-0.25, -0.2) is 0 Å². The first-order valence-corrected chi connectivity index (χ1v) is 7.05. The number of benzene rings is 1. The first kappa shape index (κ1) is 16.9. The third-order valence-corrected chi connectivity index (χ3v) is 3.61. The van der Waals surface area contributed by atoms with Crippen LogP contribution in [0.4, 0.5) is 13.2 Å². The van der Waals surface area contributed by atoms with Gasteiger partial charge in [-0.2, -0.15) is 22.2 Å². The smallest absolute Gasteiger partial charge is 0.354 e. The second kappa shape index (κ2) is 6.32. The number of aromatic nitrogens is 2.